The summed E-state index contributed by atoms with van der Waals surface area (Å²) in [5, 5.41) is 5.85. The summed E-state index contributed by atoms with van der Waals surface area (Å²) in [5.74, 6) is 2.10. The topological polar surface area (TPSA) is 77.4 Å². The summed E-state index contributed by atoms with van der Waals surface area (Å²) >= 11 is 0. The van der Waals surface area contributed by atoms with Gasteiger partial charge in [0, 0.05) is 18.8 Å². The molecule has 0 saturated heterocycles. The number of nitrogens with one attached hydrogen (secondary N) is 2. The minimum absolute atomic E-state index is 0.316. The van der Waals surface area contributed by atoms with Gasteiger partial charge in [-0.2, -0.15) is 0 Å². The first-order valence-corrected chi connectivity index (χ1v) is 8.85. The van der Waals surface area contributed by atoms with Crippen molar-refractivity contribution in [2.45, 2.75) is 19.4 Å². The molecule has 2 aromatic carbocycles. The fourth-order valence-corrected chi connectivity index (χ4v) is 3.33. The molecule has 7 nitrogen and oxygen atoms in total. The van der Waals surface area contributed by atoms with Crippen molar-refractivity contribution in [2.24, 2.45) is 7.05 Å². The number of fused-ring (bicyclic) bond motifs is 2. The van der Waals surface area contributed by atoms with E-state index in [-0.39, 0.29) is 6.03 Å². The molecule has 140 valence electrons. The van der Waals surface area contributed by atoms with Crippen LogP contribution in [0.3, 0.4) is 0 Å². The van der Waals surface area contributed by atoms with Crippen LogP contribution >= 0.6 is 0 Å². The van der Waals surface area contributed by atoms with Gasteiger partial charge in [0.15, 0.2) is 11.5 Å². The normalized spacial score (nSPS) is 13.4. The minimum atomic E-state index is -0.661. The molecule has 27 heavy (non-hydrogen) atoms. The van der Waals surface area contributed by atoms with Crippen LogP contribution in [-0.4, -0.2) is 28.8 Å². The molecular weight excluding hydrogens is 344 g/mol. The van der Waals surface area contributed by atoms with Crippen LogP contribution in [0.15, 0.2) is 42.5 Å². The zero-order chi connectivity index (χ0) is 19.0. The Balaban J connectivity index is 1.52. The molecule has 0 radical (unpaired) electrons. The second-order valence-electron chi connectivity index (χ2n) is 7.05. The predicted octanol–water partition coefficient (Wildman–Crippen LogP) is 3.40. The number of carbonyl (C=O) groups is 1. The van der Waals surface area contributed by atoms with Crippen LogP contribution in [0.4, 0.5) is 10.5 Å². The van der Waals surface area contributed by atoms with Crippen molar-refractivity contribution < 1.29 is 14.3 Å². The first-order valence-electron chi connectivity index (χ1n) is 8.85. The molecule has 7 heteroatoms. The monoisotopic (exact) mass is 366 g/mol. The van der Waals surface area contributed by atoms with Gasteiger partial charge < -0.3 is 24.7 Å². The van der Waals surface area contributed by atoms with E-state index in [4.69, 9.17) is 9.47 Å². The predicted molar refractivity (Wildman–Crippen MR) is 103 cm³/mol. The van der Waals surface area contributed by atoms with Crippen LogP contribution in [0.25, 0.3) is 11.0 Å². The van der Waals surface area contributed by atoms with Gasteiger partial charge in [-0.25, -0.2) is 9.78 Å². The van der Waals surface area contributed by atoms with E-state index in [0.29, 0.717) is 30.4 Å². The Labute approximate surface area is 157 Å². The Morgan fingerprint density at radius 2 is 1.85 bits per heavy atom. The van der Waals surface area contributed by atoms with E-state index in [2.05, 4.69) is 15.6 Å². The Hall–Kier alpha value is -3.22. The van der Waals surface area contributed by atoms with Crippen molar-refractivity contribution in [3.63, 3.8) is 0 Å². The van der Waals surface area contributed by atoms with Crippen molar-refractivity contribution in [2.75, 3.05) is 18.5 Å². The molecule has 2 heterocycles. The molecule has 0 saturated carbocycles. The van der Waals surface area contributed by atoms with Gasteiger partial charge in [-0.05, 0) is 38.1 Å². The number of ether oxygens (including phenoxy) is 2. The maximum Gasteiger partial charge on any atom is 0.320 e. The van der Waals surface area contributed by atoms with Gasteiger partial charge in [-0.15, -0.1) is 0 Å². The van der Waals surface area contributed by atoms with Gasteiger partial charge in [-0.3, -0.25) is 0 Å². The summed E-state index contributed by atoms with van der Waals surface area (Å²) in [5.41, 5.74) is 1.90. The number of carbonyl (C=O) groups excluding carboxylic acids is 1. The molecule has 0 unspecified atom stereocenters. The maximum absolute atomic E-state index is 12.6. The number of hydrogen-bond donors (Lipinski definition) is 2. The molecule has 3 aromatic rings. The summed E-state index contributed by atoms with van der Waals surface area (Å²) in [7, 11) is 1.95. The van der Waals surface area contributed by atoms with Crippen LogP contribution < -0.4 is 20.1 Å². The van der Waals surface area contributed by atoms with E-state index < -0.39 is 5.54 Å². The molecule has 0 aliphatic carbocycles. The summed E-state index contributed by atoms with van der Waals surface area (Å²) in [6.07, 6.45) is 0. The molecular formula is C20H22N4O3. The number of hydrogen-bond acceptors (Lipinski definition) is 4. The van der Waals surface area contributed by atoms with E-state index in [1.807, 2.05) is 49.7 Å². The molecule has 4 rings (SSSR count). The molecule has 1 aliphatic rings. The largest absolute Gasteiger partial charge is 0.486 e. The second-order valence-corrected chi connectivity index (χ2v) is 7.05. The highest BCUT2D eigenvalue weighted by Crippen LogP contribution is 2.32. The van der Waals surface area contributed by atoms with Crippen LogP contribution in [0, 0.1) is 0 Å². The van der Waals surface area contributed by atoms with Crippen molar-refractivity contribution in [1.82, 2.24) is 14.9 Å². The van der Waals surface area contributed by atoms with Crippen molar-refractivity contribution in [1.29, 1.82) is 0 Å². The molecule has 1 aromatic heterocycles. The van der Waals surface area contributed by atoms with Crippen LogP contribution in [0.1, 0.15) is 19.7 Å². The fraction of sp³-hybridized carbons (Fsp3) is 0.300. The summed E-state index contributed by atoms with van der Waals surface area (Å²) in [4.78, 5) is 17.3. The molecule has 1 aliphatic heterocycles. The lowest BCUT2D eigenvalue weighted by atomic mass is 10.1. The molecule has 0 atom stereocenters. The Kier molecular flexibility index (Phi) is 4.14. The van der Waals surface area contributed by atoms with Gasteiger partial charge >= 0.3 is 6.03 Å². The highest BCUT2D eigenvalue weighted by Gasteiger charge is 2.28. The maximum atomic E-state index is 12.6. The lowest BCUT2D eigenvalue weighted by molar-refractivity contribution is 0.171. The number of aryl methyl sites for hydroxylation is 1. The Bertz CT molecular complexity index is 1010. The number of nitrogens with zero attached hydrogens (tertiary/aromatic N) is 2. The molecule has 0 fully saturated rings. The molecule has 2 amide bonds. The quantitative estimate of drug-likeness (QED) is 0.745. The van der Waals surface area contributed by atoms with Gasteiger partial charge in [0.1, 0.15) is 19.0 Å². The number of aromatic nitrogens is 2. The van der Waals surface area contributed by atoms with Gasteiger partial charge in [0.25, 0.3) is 0 Å². The summed E-state index contributed by atoms with van der Waals surface area (Å²) in [6.45, 7) is 4.89. The molecule has 0 bridgehead atoms. The first-order chi connectivity index (χ1) is 12.9. The van der Waals surface area contributed by atoms with Crippen LogP contribution in [0.5, 0.6) is 11.5 Å². The minimum Gasteiger partial charge on any atom is -0.486 e. The summed E-state index contributed by atoms with van der Waals surface area (Å²) in [6, 6.07) is 12.9. The van der Waals surface area contributed by atoms with Crippen molar-refractivity contribution in [3.8, 4) is 11.5 Å². The lowest BCUT2D eigenvalue weighted by Crippen LogP contribution is -2.44. The number of amides is 2. The number of benzene rings is 2. The van der Waals surface area contributed by atoms with E-state index in [0.717, 1.165) is 16.9 Å². The number of urea groups is 1. The summed E-state index contributed by atoms with van der Waals surface area (Å²) < 4.78 is 13.1. The van der Waals surface area contributed by atoms with E-state index in [9.17, 15) is 4.79 Å². The number of anilines is 1. The van der Waals surface area contributed by atoms with Gasteiger partial charge in [0.05, 0.1) is 16.6 Å². The third-order valence-corrected chi connectivity index (χ3v) is 4.57. The first kappa shape index (κ1) is 17.2. The van der Waals surface area contributed by atoms with E-state index in [1.54, 1.807) is 18.2 Å². The Morgan fingerprint density at radius 3 is 2.63 bits per heavy atom. The standard InChI is InChI=1S/C20H22N4O3/c1-20(2,18-22-14-6-4-5-7-15(14)24(18)3)23-19(25)21-13-8-9-16-17(12-13)27-11-10-26-16/h4-9,12H,10-11H2,1-3H3,(H2,21,23,25). The zero-order valence-corrected chi connectivity index (χ0v) is 15.6. The van der Waals surface area contributed by atoms with E-state index >= 15 is 0 Å². The second kappa shape index (κ2) is 6.50. The highest BCUT2D eigenvalue weighted by molar-refractivity contribution is 5.90. The van der Waals surface area contributed by atoms with Gasteiger partial charge in [-0.1, -0.05) is 12.1 Å². The highest BCUT2D eigenvalue weighted by atomic mass is 16.6. The third kappa shape index (κ3) is 3.28. The average molecular weight is 366 g/mol. The number of para-hydroxylation sites is 2. The SMILES string of the molecule is Cn1c(C(C)(C)NC(=O)Nc2ccc3c(c2)OCCO3)nc2ccccc21. The number of rotatable bonds is 3. The van der Waals surface area contributed by atoms with Crippen LogP contribution in [-0.2, 0) is 12.6 Å². The van der Waals surface area contributed by atoms with Crippen molar-refractivity contribution in [3.05, 3.63) is 48.3 Å². The van der Waals surface area contributed by atoms with Crippen molar-refractivity contribution >= 4 is 22.8 Å². The number of imidazole rings is 1. The third-order valence-electron chi connectivity index (χ3n) is 4.57. The van der Waals surface area contributed by atoms with Crippen LogP contribution in [0.2, 0.25) is 0 Å². The lowest BCUT2D eigenvalue weighted by Gasteiger charge is -2.26. The van der Waals surface area contributed by atoms with Gasteiger partial charge in [0.2, 0.25) is 0 Å². The fourth-order valence-electron chi connectivity index (χ4n) is 3.33. The zero-order valence-electron chi connectivity index (χ0n) is 15.6. The molecule has 0 spiro atoms. The van der Waals surface area contributed by atoms with E-state index in [1.165, 1.54) is 0 Å². The smallest absolute Gasteiger partial charge is 0.320 e. The molecule has 2 N–H and O–H groups in total. The Morgan fingerprint density at radius 1 is 1.11 bits per heavy atom. The average Bonchev–Trinajstić information content (AvgIpc) is 2.99.